The number of nitrogens with one attached hydrogen (secondary N) is 4. The third-order valence-corrected chi connectivity index (χ3v) is 11.3. The van der Waals surface area contributed by atoms with Crippen LogP contribution in [0.4, 0.5) is 11.4 Å². The summed E-state index contributed by atoms with van der Waals surface area (Å²) in [6.45, 7) is 1.38. The van der Waals surface area contributed by atoms with Gasteiger partial charge in [0.2, 0.25) is 23.6 Å². The number of fused-ring (bicyclic) bond motifs is 1. The van der Waals surface area contributed by atoms with E-state index >= 15 is 0 Å². The Morgan fingerprint density at radius 3 is 2.12 bits per heavy atom. The van der Waals surface area contributed by atoms with Gasteiger partial charge in [-0.2, -0.15) is 0 Å². The molecule has 4 N–H and O–H groups in total. The Balaban J connectivity index is 0.849. The van der Waals surface area contributed by atoms with Crippen LogP contribution in [-0.2, 0) is 28.7 Å². The molecule has 1 fully saturated rings. The van der Waals surface area contributed by atoms with E-state index in [4.69, 9.17) is 13.9 Å². The summed E-state index contributed by atoms with van der Waals surface area (Å²) in [4.78, 5) is 99.6. The Morgan fingerprint density at radius 2 is 1.43 bits per heavy atom. The molecule has 0 spiro atoms. The number of carbonyl (C=O) groups is 7. The second-order valence-electron chi connectivity index (χ2n) is 15.8. The molecule has 17 heteroatoms. The lowest BCUT2D eigenvalue weighted by Crippen LogP contribution is -2.54. The van der Waals surface area contributed by atoms with Crippen molar-refractivity contribution in [2.24, 2.45) is 0 Å². The van der Waals surface area contributed by atoms with E-state index in [0.717, 1.165) is 16.0 Å². The van der Waals surface area contributed by atoms with Crippen LogP contribution in [0.1, 0.15) is 67.3 Å². The first-order valence-corrected chi connectivity index (χ1v) is 22.0. The third kappa shape index (κ3) is 10.7. The van der Waals surface area contributed by atoms with Gasteiger partial charge in [-0.05, 0) is 71.6 Å². The second-order valence-corrected chi connectivity index (χ2v) is 15.8. The van der Waals surface area contributed by atoms with E-state index in [1.165, 1.54) is 29.5 Å². The Morgan fingerprint density at radius 1 is 0.735 bits per heavy atom. The summed E-state index contributed by atoms with van der Waals surface area (Å²) in [5, 5.41) is 11.1. The number of imide groups is 2. The van der Waals surface area contributed by atoms with Crippen molar-refractivity contribution in [1.82, 2.24) is 25.8 Å². The van der Waals surface area contributed by atoms with Crippen molar-refractivity contribution >= 4 is 52.7 Å². The van der Waals surface area contributed by atoms with Gasteiger partial charge in [0.05, 0.1) is 43.8 Å². The molecule has 0 radical (unpaired) electrons. The van der Waals surface area contributed by atoms with E-state index in [1.54, 1.807) is 79.0 Å². The van der Waals surface area contributed by atoms with Crippen molar-refractivity contribution in [1.29, 1.82) is 0 Å². The molecule has 8 rings (SSSR count). The molecular weight excluding hydrogens is 871 g/mol. The first kappa shape index (κ1) is 46.3. The first-order valence-electron chi connectivity index (χ1n) is 22.0. The SMILES string of the molecule is O=C1CCC(N2C(=O)c3ccc(NCCOCCOCCNC(=O)[C@H](NC(=O)[C@@H](c4cccnc4)N(C(=O)c4ccco4)c4ccc(-c5ccccc5)cc4)c4ccccc4)cc3C2=O)C(=O)N1. The molecule has 1 unspecified atom stereocenters. The number of pyridine rings is 1. The lowest BCUT2D eigenvalue weighted by atomic mass is 10.0. The maximum absolute atomic E-state index is 14.7. The van der Waals surface area contributed by atoms with Crippen LogP contribution in [0.3, 0.4) is 0 Å². The minimum absolute atomic E-state index is 0.00870. The molecule has 6 aromatic rings. The van der Waals surface area contributed by atoms with Crippen molar-refractivity contribution in [2.75, 3.05) is 49.7 Å². The van der Waals surface area contributed by atoms with Crippen LogP contribution in [-0.4, -0.2) is 96.8 Å². The van der Waals surface area contributed by atoms with Crippen LogP contribution in [0.15, 0.2) is 150 Å². The highest BCUT2D eigenvalue weighted by Gasteiger charge is 2.45. The summed E-state index contributed by atoms with van der Waals surface area (Å²) in [7, 11) is 0. The lowest BCUT2D eigenvalue weighted by molar-refractivity contribution is -0.136. The highest BCUT2D eigenvalue weighted by molar-refractivity contribution is 6.23. The fraction of sp³-hybridized carbons (Fsp3) is 0.216. The summed E-state index contributed by atoms with van der Waals surface area (Å²) in [6, 6.07) is 33.5. The van der Waals surface area contributed by atoms with Gasteiger partial charge in [-0.3, -0.25) is 53.7 Å². The molecule has 17 nitrogen and oxygen atoms in total. The van der Waals surface area contributed by atoms with E-state index in [-0.39, 0.29) is 62.7 Å². The number of rotatable bonds is 20. The topological polar surface area (TPSA) is 219 Å². The van der Waals surface area contributed by atoms with E-state index in [1.807, 2.05) is 42.5 Å². The summed E-state index contributed by atoms with van der Waals surface area (Å²) in [5.41, 5.74) is 4.13. The molecule has 2 aromatic heterocycles. The molecule has 3 atom stereocenters. The number of aromatic nitrogens is 1. The molecule has 68 heavy (non-hydrogen) atoms. The maximum atomic E-state index is 14.7. The molecule has 0 saturated carbocycles. The van der Waals surface area contributed by atoms with Gasteiger partial charge in [-0.1, -0.05) is 78.9 Å². The van der Waals surface area contributed by atoms with E-state index in [2.05, 4.69) is 26.3 Å². The number of carbonyl (C=O) groups excluding carboxylic acids is 7. The average molecular weight is 918 g/mol. The number of amides is 7. The lowest BCUT2D eigenvalue weighted by Gasteiger charge is -2.32. The molecule has 7 amide bonds. The van der Waals surface area contributed by atoms with Crippen LogP contribution in [0.25, 0.3) is 11.1 Å². The molecule has 0 aliphatic carbocycles. The van der Waals surface area contributed by atoms with Gasteiger partial charge in [0, 0.05) is 48.8 Å². The Labute approximate surface area is 390 Å². The quantitative estimate of drug-likeness (QED) is 0.0571. The van der Waals surface area contributed by atoms with Crippen molar-refractivity contribution < 1.29 is 47.5 Å². The number of anilines is 2. The summed E-state index contributed by atoms with van der Waals surface area (Å²) in [5.74, 6) is -4.00. The van der Waals surface area contributed by atoms with E-state index < -0.39 is 59.5 Å². The molecular formula is C51H47N7O10. The van der Waals surface area contributed by atoms with Gasteiger partial charge in [-0.15, -0.1) is 0 Å². The van der Waals surface area contributed by atoms with Gasteiger partial charge >= 0.3 is 0 Å². The third-order valence-electron chi connectivity index (χ3n) is 11.3. The number of furan rings is 1. The van der Waals surface area contributed by atoms with Crippen molar-refractivity contribution in [3.05, 3.63) is 174 Å². The highest BCUT2D eigenvalue weighted by Crippen LogP contribution is 2.33. The van der Waals surface area contributed by atoms with Gasteiger partial charge in [0.25, 0.3) is 17.7 Å². The van der Waals surface area contributed by atoms with Crippen LogP contribution >= 0.6 is 0 Å². The number of hydrogen-bond donors (Lipinski definition) is 4. The zero-order valence-corrected chi connectivity index (χ0v) is 36.7. The number of benzene rings is 4. The minimum atomic E-state index is -1.29. The Hall–Kier alpha value is -8.28. The molecule has 346 valence electrons. The summed E-state index contributed by atoms with van der Waals surface area (Å²) in [6.07, 6.45) is 4.56. The molecule has 0 bridgehead atoms. The minimum Gasteiger partial charge on any atom is -0.459 e. The van der Waals surface area contributed by atoms with Gasteiger partial charge in [0.15, 0.2) is 5.76 Å². The second kappa shape index (κ2) is 21.8. The molecule has 4 aromatic carbocycles. The number of nitrogens with zero attached hydrogens (tertiary/aromatic N) is 3. The van der Waals surface area contributed by atoms with Crippen molar-refractivity contribution in [2.45, 2.75) is 31.0 Å². The predicted octanol–water partition coefficient (Wildman–Crippen LogP) is 5.25. The summed E-state index contributed by atoms with van der Waals surface area (Å²) >= 11 is 0. The monoisotopic (exact) mass is 917 g/mol. The van der Waals surface area contributed by atoms with Gasteiger partial charge in [-0.25, -0.2) is 0 Å². The smallest absolute Gasteiger partial charge is 0.294 e. The Bertz CT molecular complexity index is 2760. The van der Waals surface area contributed by atoms with Crippen LogP contribution in [0, 0.1) is 0 Å². The van der Waals surface area contributed by atoms with E-state index in [9.17, 15) is 33.6 Å². The number of piperidine rings is 1. The average Bonchev–Trinajstić information content (AvgIpc) is 4.00. The largest absolute Gasteiger partial charge is 0.459 e. The standard InChI is InChI=1S/C51H47N7O10/c59-43-22-21-41(46(60)55-43)58-49(63)39-20-17-37(31-40(39)50(58)64)53-24-27-66-29-30-67-28-25-54-47(61)44(35-11-5-2-6-12-35)56-48(62)45(36-13-7-23-52-32-36)57(51(65)42-14-8-26-68-42)38-18-15-34(16-19-38)33-9-3-1-4-10-33/h1-20,23,26,31-32,41,44-45,53H,21-22,24-25,27-30H2,(H,54,61)(H,56,62)(H,55,59,60)/t41?,44-,45-/m1/s1. The predicted molar refractivity (Wildman–Crippen MR) is 248 cm³/mol. The van der Waals surface area contributed by atoms with Crippen LogP contribution in [0.5, 0.6) is 0 Å². The van der Waals surface area contributed by atoms with Crippen LogP contribution in [0.2, 0.25) is 0 Å². The molecule has 4 heterocycles. The zero-order valence-electron chi connectivity index (χ0n) is 36.7. The van der Waals surface area contributed by atoms with Gasteiger partial charge < -0.3 is 29.8 Å². The van der Waals surface area contributed by atoms with E-state index in [0.29, 0.717) is 29.0 Å². The normalized spacial score (nSPS) is 15.2. The van der Waals surface area contributed by atoms with Gasteiger partial charge in [0.1, 0.15) is 18.1 Å². The Kier molecular flexibility index (Phi) is 14.8. The van der Waals surface area contributed by atoms with Crippen LogP contribution < -0.4 is 26.2 Å². The highest BCUT2D eigenvalue weighted by atomic mass is 16.5. The van der Waals surface area contributed by atoms with Crippen molar-refractivity contribution in [3.8, 4) is 11.1 Å². The zero-order chi connectivity index (χ0) is 47.4. The number of ether oxygens (including phenoxy) is 2. The number of hydrogen-bond acceptors (Lipinski definition) is 12. The fourth-order valence-electron chi connectivity index (χ4n) is 7.99. The van der Waals surface area contributed by atoms with Crippen molar-refractivity contribution in [3.63, 3.8) is 0 Å². The maximum Gasteiger partial charge on any atom is 0.294 e. The molecule has 2 aliphatic rings. The fourth-order valence-corrected chi connectivity index (χ4v) is 7.99. The molecule has 1 saturated heterocycles. The summed E-state index contributed by atoms with van der Waals surface area (Å²) < 4.78 is 16.9. The first-order chi connectivity index (χ1) is 33.2. The molecule has 2 aliphatic heterocycles.